The Morgan fingerprint density at radius 2 is 1.64 bits per heavy atom. The molecule has 0 fully saturated rings. The molecule has 9 heteroatoms. The Balaban J connectivity index is 1.58. The van der Waals surface area contributed by atoms with Crippen LogP contribution in [0.25, 0.3) is 0 Å². The van der Waals surface area contributed by atoms with Gasteiger partial charge in [0, 0.05) is 38.3 Å². The van der Waals surface area contributed by atoms with Crippen LogP contribution in [-0.2, 0) is 27.2 Å². The Labute approximate surface area is 278 Å². The maximum atomic E-state index is 14.3. The number of rotatable bonds is 9. The number of carbonyl (C=O) groups excluding carboxylic acids is 3. The number of likely N-dealkylation sites (N-methyl/N-ethyl adjacent to an activating group) is 1. The quantitative estimate of drug-likeness (QED) is 0.325. The average Bonchev–Trinajstić information content (AvgIpc) is 3.06. The normalized spacial score (nSPS) is 19.9. The van der Waals surface area contributed by atoms with Gasteiger partial charge in [-0.05, 0) is 62.4 Å². The Hall–Kier alpha value is -4.21. The lowest BCUT2D eigenvalue weighted by atomic mass is 10.0. The van der Waals surface area contributed by atoms with E-state index in [9.17, 15) is 19.5 Å². The fraction of sp³-hybridized carbons (Fsp3) is 0.447. The van der Waals surface area contributed by atoms with Crippen LogP contribution >= 0.6 is 0 Å². The van der Waals surface area contributed by atoms with E-state index in [1.54, 1.807) is 42.0 Å². The van der Waals surface area contributed by atoms with E-state index in [0.717, 1.165) is 30.4 Å². The molecule has 9 nitrogen and oxygen atoms in total. The van der Waals surface area contributed by atoms with E-state index < -0.39 is 6.04 Å². The molecule has 252 valence electrons. The number of anilines is 1. The van der Waals surface area contributed by atoms with Crippen LogP contribution in [0, 0.1) is 5.92 Å². The van der Waals surface area contributed by atoms with Crippen molar-refractivity contribution in [2.24, 2.45) is 5.92 Å². The number of nitrogens with one attached hydrogen (secondary N) is 1. The largest absolute Gasteiger partial charge is 0.490 e. The molecule has 1 aliphatic rings. The van der Waals surface area contributed by atoms with Crippen LogP contribution in [0.3, 0.4) is 0 Å². The van der Waals surface area contributed by atoms with Crippen molar-refractivity contribution < 1.29 is 29.0 Å². The topological polar surface area (TPSA) is 108 Å². The molecule has 3 aromatic rings. The van der Waals surface area contributed by atoms with E-state index in [-0.39, 0.29) is 55.4 Å². The van der Waals surface area contributed by atoms with Gasteiger partial charge in [0.1, 0.15) is 5.75 Å². The molecular formula is C38H49N3O6. The molecule has 4 rings (SSSR count). The monoisotopic (exact) mass is 643 g/mol. The number of amides is 3. The number of aliphatic hydroxyl groups is 1. The molecule has 0 unspecified atom stereocenters. The van der Waals surface area contributed by atoms with Crippen LogP contribution in [0.4, 0.5) is 5.69 Å². The van der Waals surface area contributed by atoms with Gasteiger partial charge in [-0.15, -0.1) is 0 Å². The highest BCUT2D eigenvalue weighted by Crippen LogP contribution is 2.28. The summed E-state index contributed by atoms with van der Waals surface area (Å²) < 4.78 is 12.7. The van der Waals surface area contributed by atoms with Crippen molar-refractivity contribution in [1.29, 1.82) is 0 Å². The first-order valence-electron chi connectivity index (χ1n) is 16.6. The summed E-state index contributed by atoms with van der Waals surface area (Å²) in [6, 6.07) is 23.8. The molecule has 2 N–H and O–H groups in total. The van der Waals surface area contributed by atoms with E-state index in [1.807, 2.05) is 74.5 Å². The van der Waals surface area contributed by atoms with Crippen molar-refractivity contribution in [2.75, 3.05) is 38.7 Å². The zero-order valence-corrected chi connectivity index (χ0v) is 28.1. The summed E-state index contributed by atoms with van der Waals surface area (Å²) in [4.78, 5) is 43.7. The molecule has 3 amide bonds. The van der Waals surface area contributed by atoms with Crippen LogP contribution in [0.1, 0.15) is 61.5 Å². The highest BCUT2D eigenvalue weighted by Gasteiger charge is 2.31. The minimum atomic E-state index is -0.502. The summed E-state index contributed by atoms with van der Waals surface area (Å²) in [5.74, 6) is -0.254. The van der Waals surface area contributed by atoms with Crippen LogP contribution in [0.2, 0.25) is 0 Å². The molecule has 1 heterocycles. The van der Waals surface area contributed by atoms with Gasteiger partial charge in [0.2, 0.25) is 11.8 Å². The van der Waals surface area contributed by atoms with Crippen molar-refractivity contribution in [3.8, 4) is 5.75 Å². The van der Waals surface area contributed by atoms with Crippen LogP contribution < -0.4 is 10.1 Å². The van der Waals surface area contributed by atoms with Gasteiger partial charge in [-0.1, -0.05) is 67.6 Å². The van der Waals surface area contributed by atoms with Gasteiger partial charge in [0.25, 0.3) is 5.91 Å². The Kier molecular flexibility index (Phi) is 13.4. The van der Waals surface area contributed by atoms with Crippen molar-refractivity contribution in [3.63, 3.8) is 0 Å². The standard InChI is InChI=1S/C38H49N3O6/c1-27-24-41(28(2)26-42)38(45)33-23-32(39-36(43)21-30-14-7-5-8-15-30)18-19-34(33)47-29(3)13-11-12-20-46-35(27)25-40(4)37(44)22-31-16-9-6-10-17-31/h5-10,14-19,23,27-29,35,42H,11-13,20-22,24-26H2,1-4H3,(H,39,43)/t27-,28-,29+,35+/m0/s1. The first-order chi connectivity index (χ1) is 22.6. The summed E-state index contributed by atoms with van der Waals surface area (Å²) in [5, 5.41) is 13.2. The number of nitrogens with zero attached hydrogens (tertiary/aromatic N) is 2. The fourth-order valence-electron chi connectivity index (χ4n) is 5.73. The van der Waals surface area contributed by atoms with E-state index in [1.165, 1.54) is 0 Å². The van der Waals surface area contributed by atoms with Crippen LogP contribution in [0.5, 0.6) is 5.75 Å². The van der Waals surface area contributed by atoms with Crippen LogP contribution in [-0.4, -0.2) is 84.2 Å². The molecule has 4 atom stereocenters. The summed E-state index contributed by atoms with van der Waals surface area (Å²) in [6.07, 6.45) is 2.46. The number of fused-ring (bicyclic) bond motifs is 1. The minimum absolute atomic E-state index is 0.00944. The zero-order chi connectivity index (χ0) is 33.8. The van der Waals surface area contributed by atoms with Gasteiger partial charge in [0.05, 0.1) is 43.3 Å². The summed E-state index contributed by atoms with van der Waals surface area (Å²) in [5.41, 5.74) is 2.63. The van der Waals surface area contributed by atoms with Gasteiger partial charge in [-0.25, -0.2) is 0 Å². The second-order valence-corrected chi connectivity index (χ2v) is 12.7. The number of hydrogen-bond acceptors (Lipinski definition) is 6. The van der Waals surface area contributed by atoms with E-state index in [4.69, 9.17) is 9.47 Å². The minimum Gasteiger partial charge on any atom is -0.490 e. The lowest BCUT2D eigenvalue weighted by Crippen LogP contribution is -2.48. The van der Waals surface area contributed by atoms with Crippen molar-refractivity contribution >= 4 is 23.4 Å². The smallest absolute Gasteiger partial charge is 0.258 e. The molecule has 1 aliphatic heterocycles. The second kappa shape index (κ2) is 17.6. The van der Waals surface area contributed by atoms with E-state index in [2.05, 4.69) is 5.32 Å². The van der Waals surface area contributed by atoms with Gasteiger partial charge in [0.15, 0.2) is 0 Å². The molecule has 0 saturated heterocycles. The van der Waals surface area contributed by atoms with Gasteiger partial charge >= 0.3 is 0 Å². The number of aliphatic hydroxyl groups excluding tert-OH is 1. The SMILES string of the molecule is C[C@@H]1CCCCO[C@H](CN(C)C(=O)Cc2ccccc2)[C@@H](C)CN([C@@H](C)CO)C(=O)c2cc(NC(=O)Cc3ccccc3)ccc2O1. The lowest BCUT2D eigenvalue weighted by molar-refractivity contribution is -0.131. The predicted molar refractivity (Wildman–Crippen MR) is 183 cm³/mol. The number of benzene rings is 3. The maximum Gasteiger partial charge on any atom is 0.258 e. The summed E-state index contributed by atoms with van der Waals surface area (Å²) in [6.45, 7) is 6.72. The third kappa shape index (κ3) is 10.7. The molecule has 47 heavy (non-hydrogen) atoms. The molecule has 0 saturated carbocycles. The predicted octanol–water partition coefficient (Wildman–Crippen LogP) is 5.36. The second-order valence-electron chi connectivity index (χ2n) is 12.7. The molecule has 0 aliphatic carbocycles. The van der Waals surface area contributed by atoms with Gasteiger partial charge in [-0.2, -0.15) is 0 Å². The molecular weight excluding hydrogens is 594 g/mol. The third-order valence-corrected chi connectivity index (χ3v) is 8.62. The highest BCUT2D eigenvalue weighted by molar-refractivity contribution is 6.00. The van der Waals surface area contributed by atoms with Crippen LogP contribution in [0.15, 0.2) is 78.9 Å². The summed E-state index contributed by atoms with van der Waals surface area (Å²) in [7, 11) is 1.79. The first-order valence-corrected chi connectivity index (χ1v) is 16.6. The van der Waals surface area contributed by atoms with E-state index >= 15 is 0 Å². The number of hydrogen-bond donors (Lipinski definition) is 2. The molecule has 0 aromatic heterocycles. The first kappa shape index (κ1) is 35.6. The Morgan fingerprint density at radius 3 is 2.30 bits per heavy atom. The van der Waals surface area contributed by atoms with Crippen molar-refractivity contribution in [3.05, 3.63) is 95.6 Å². The Morgan fingerprint density at radius 1 is 0.979 bits per heavy atom. The molecule has 0 bridgehead atoms. The number of carbonyl (C=O) groups is 3. The van der Waals surface area contributed by atoms with Gasteiger partial charge in [-0.3, -0.25) is 14.4 Å². The number of ether oxygens (including phenoxy) is 2. The van der Waals surface area contributed by atoms with Crippen molar-refractivity contribution in [1.82, 2.24) is 9.80 Å². The fourth-order valence-corrected chi connectivity index (χ4v) is 5.73. The summed E-state index contributed by atoms with van der Waals surface area (Å²) >= 11 is 0. The maximum absolute atomic E-state index is 14.3. The Bertz CT molecular complexity index is 1450. The van der Waals surface area contributed by atoms with Crippen molar-refractivity contribution in [2.45, 2.75) is 71.1 Å². The molecule has 3 aromatic carbocycles. The lowest BCUT2D eigenvalue weighted by Gasteiger charge is -2.36. The molecule has 0 spiro atoms. The molecule has 0 radical (unpaired) electrons. The van der Waals surface area contributed by atoms with E-state index in [0.29, 0.717) is 36.6 Å². The average molecular weight is 644 g/mol. The highest BCUT2D eigenvalue weighted by atomic mass is 16.5. The zero-order valence-electron chi connectivity index (χ0n) is 28.1. The van der Waals surface area contributed by atoms with Gasteiger partial charge < -0.3 is 29.7 Å². The third-order valence-electron chi connectivity index (χ3n) is 8.62.